The summed E-state index contributed by atoms with van der Waals surface area (Å²) in [4.78, 5) is 23.7. The third-order valence-corrected chi connectivity index (χ3v) is 5.29. The topological polar surface area (TPSA) is 71.1 Å². The summed E-state index contributed by atoms with van der Waals surface area (Å²) in [6, 6.07) is 0. The summed E-state index contributed by atoms with van der Waals surface area (Å²) < 4.78 is 21.7. The number of carbonyl (C=O) groups excluding carboxylic acids is 2. The zero-order valence-electron chi connectivity index (χ0n) is 21.3. The fourth-order valence-corrected chi connectivity index (χ4v) is 3.20. The van der Waals surface area contributed by atoms with Crippen molar-refractivity contribution in [1.29, 1.82) is 0 Å². The average Bonchev–Trinajstić information content (AvgIpc) is 2.78. The van der Waals surface area contributed by atoms with Crippen molar-refractivity contribution in [1.82, 2.24) is 0 Å². The number of esters is 2. The van der Waals surface area contributed by atoms with Gasteiger partial charge in [0.2, 0.25) is 0 Å². The molecule has 0 saturated carbocycles. The predicted octanol–water partition coefficient (Wildman–Crippen LogP) is 6.38. The number of hydrogen-bond donors (Lipinski definition) is 0. The summed E-state index contributed by atoms with van der Waals surface area (Å²) in [7, 11) is 0. The molecule has 0 fully saturated rings. The van der Waals surface area contributed by atoms with Gasteiger partial charge in [0.1, 0.15) is 13.2 Å². The van der Waals surface area contributed by atoms with Crippen molar-refractivity contribution in [3.05, 3.63) is 0 Å². The molecule has 0 rings (SSSR count). The molecule has 2 unspecified atom stereocenters. The van der Waals surface area contributed by atoms with Crippen molar-refractivity contribution in [2.75, 3.05) is 26.4 Å². The van der Waals surface area contributed by atoms with Crippen LogP contribution in [-0.2, 0) is 28.5 Å². The molecule has 0 heterocycles. The maximum Gasteiger partial charge on any atom is 0.306 e. The number of rotatable bonds is 23. The Balaban J connectivity index is 3.58. The monoisotopic (exact) mass is 458 g/mol. The van der Waals surface area contributed by atoms with Crippen LogP contribution in [0.4, 0.5) is 0 Å². The van der Waals surface area contributed by atoms with Gasteiger partial charge in [-0.15, -0.1) is 0 Å². The zero-order valence-corrected chi connectivity index (χ0v) is 21.3. The Morgan fingerprint density at radius 3 is 1.28 bits per heavy atom. The van der Waals surface area contributed by atoms with E-state index in [4.69, 9.17) is 18.9 Å². The van der Waals surface area contributed by atoms with Crippen molar-refractivity contribution in [3.8, 4) is 0 Å². The lowest BCUT2D eigenvalue weighted by atomic mass is 10.1. The van der Waals surface area contributed by atoms with Gasteiger partial charge in [-0.1, -0.05) is 78.1 Å². The second kappa shape index (κ2) is 23.0. The van der Waals surface area contributed by atoms with Crippen LogP contribution < -0.4 is 0 Å². The van der Waals surface area contributed by atoms with E-state index < -0.39 is 11.9 Å². The Hall–Kier alpha value is -1.14. The van der Waals surface area contributed by atoms with Crippen LogP contribution in [0.25, 0.3) is 0 Å². The molecule has 0 aliphatic carbocycles. The van der Waals surface area contributed by atoms with Crippen LogP contribution in [0.15, 0.2) is 0 Å². The lowest BCUT2D eigenvalue weighted by Crippen LogP contribution is -2.21. The molecule has 0 aromatic rings. The molecule has 6 heteroatoms. The molecule has 0 bridgehead atoms. The maximum atomic E-state index is 11.8. The van der Waals surface area contributed by atoms with Crippen LogP contribution in [0, 0.1) is 0 Å². The van der Waals surface area contributed by atoms with Crippen LogP contribution in [0.5, 0.6) is 0 Å². The maximum absolute atomic E-state index is 11.8. The minimum absolute atomic E-state index is 0.0238. The highest BCUT2D eigenvalue weighted by Crippen LogP contribution is 2.07. The highest BCUT2D eigenvalue weighted by Gasteiger charge is 2.13. The van der Waals surface area contributed by atoms with Crippen LogP contribution in [0.1, 0.15) is 118 Å². The third-order valence-electron chi connectivity index (χ3n) is 5.29. The van der Waals surface area contributed by atoms with Gasteiger partial charge in [-0.2, -0.15) is 0 Å². The lowest BCUT2D eigenvalue weighted by Gasteiger charge is -2.14. The van der Waals surface area contributed by atoms with Crippen molar-refractivity contribution in [2.45, 2.75) is 130 Å². The van der Waals surface area contributed by atoms with Crippen LogP contribution >= 0.6 is 0 Å². The minimum atomic E-state index is -0.399. The highest BCUT2D eigenvalue weighted by atomic mass is 16.6. The summed E-state index contributed by atoms with van der Waals surface area (Å²) in [5.41, 5.74) is 0. The molecule has 0 spiro atoms. The molecule has 0 N–H and O–H groups in total. The molecular formula is C26H50O6. The Morgan fingerprint density at radius 2 is 0.906 bits per heavy atom. The van der Waals surface area contributed by atoms with E-state index in [9.17, 15) is 9.59 Å². The van der Waals surface area contributed by atoms with Crippen LogP contribution in [0.2, 0.25) is 0 Å². The van der Waals surface area contributed by atoms with Gasteiger partial charge in [-0.3, -0.25) is 9.59 Å². The van der Waals surface area contributed by atoms with Gasteiger partial charge in [-0.25, -0.2) is 0 Å². The minimum Gasteiger partial charge on any atom is -0.463 e. The Morgan fingerprint density at radius 1 is 0.562 bits per heavy atom. The average molecular weight is 459 g/mol. The van der Waals surface area contributed by atoms with E-state index >= 15 is 0 Å². The van der Waals surface area contributed by atoms with Gasteiger partial charge in [0.05, 0.1) is 25.0 Å². The van der Waals surface area contributed by atoms with E-state index in [1.165, 1.54) is 64.2 Å². The Bertz CT molecular complexity index is 400. The number of hydrogen-bond acceptors (Lipinski definition) is 6. The van der Waals surface area contributed by atoms with Gasteiger partial charge in [-0.05, 0) is 26.7 Å². The summed E-state index contributed by atoms with van der Waals surface area (Å²) in [6.45, 7) is 10.0. The molecule has 0 aliphatic heterocycles. The quantitative estimate of drug-likeness (QED) is 0.131. The van der Waals surface area contributed by atoms with Gasteiger partial charge >= 0.3 is 11.9 Å². The lowest BCUT2D eigenvalue weighted by molar-refractivity contribution is -0.154. The molecular weight excluding hydrogens is 408 g/mol. The van der Waals surface area contributed by atoms with E-state index in [-0.39, 0.29) is 38.3 Å². The molecule has 0 aliphatic rings. The van der Waals surface area contributed by atoms with E-state index in [0.29, 0.717) is 13.2 Å². The molecule has 0 radical (unpaired) electrons. The number of ether oxygens (including phenoxy) is 4. The standard InChI is InChI=1S/C26H50O6/c1-5-7-9-11-13-15-19-29-23(3)21-31-25(27)17-18-26(28)32-22-24(4)30-20-16-14-12-10-8-6-2/h23-24H,5-22H2,1-4H3. The SMILES string of the molecule is CCCCCCCCOC(C)COC(=O)CCC(=O)OCC(C)OCCCCCCCC. The second-order valence-corrected chi connectivity index (χ2v) is 8.76. The summed E-state index contributed by atoms with van der Waals surface area (Å²) in [5.74, 6) is -0.798. The van der Waals surface area contributed by atoms with Gasteiger partial charge in [0, 0.05) is 13.2 Å². The Labute approximate surface area is 197 Å². The summed E-state index contributed by atoms with van der Waals surface area (Å²) in [6.07, 6.45) is 14.4. The smallest absolute Gasteiger partial charge is 0.306 e. The van der Waals surface area contributed by atoms with Crippen molar-refractivity contribution in [3.63, 3.8) is 0 Å². The van der Waals surface area contributed by atoms with Gasteiger partial charge in [0.25, 0.3) is 0 Å². The first-order valence-electron chi connectivity index (χ1n) is 13.0. The molecule has 190 valence electrons. The fourth-order valence-electron chi connectivity index (χ4n) is 3.20. The van der Waals surface area contributed by atoms with Crippen molar-refractivity contribution >= 4 is 11.9 Å². The second-order valence-electron chi connectivity index (χ2n) is 8.76. The van der Waals surface area contributed by atoms with E-state index in [1.54, 1.807) is 0 Å². The van der Waals surface area contributed by atoms with Crippen LogP contribution in [0.3, 0.4) is 0 Å². The molecule has 0 aromatic heterocycles. The number of unbranched alkanes of at least 4 members (excludes halogenated alkanes) is 10. The summed E-state index contributed by atoms with van der Waals surface area (Å²) >= 11 is 0. The zero-order chi connectivity index (χ0) is 23.9. The first kappa shape index (κ1) is 30.9. The van der Waals surface area contributed by atoms with Gasteiger partial charge in [0.15, 0.2) is 0 Å². The van der Waals surface area contributed by atoms with Gasteiger partial charge < -0.3 is 18.9 Å². The van der Waals surface area contributed by atoms with Crippen molar-refractivity contribution in [2.24, 2.45) is 0 Å². The Kier molecular flexibility index (Phi) is 22.2. The highest BCUT2D eigenvalue weighted by molar-refractivity contribution is 5.77. The molecule has 0 amide bonds. The van der Waals surface area contributed by atoms with Crippen LogP contribution in [-0.4, -0.2) is 50.6 Å². The normalized spacial score (nSPS) is 13.0. The number of carbonyl (C=O) groups is 2. The molecule has 0 saturated heterocycles. The predicted molar refractivity (Wildman–Crippen MR) is 129 cm³/mol. The summed E-state index contributed by atoms with van der Waals surface area (Å²) in [5, 5.41) is 0. The molecule has 32 heavy (non-hydrogen) atoms. The first-order chi connectivity index (χ1) is 15.5. The fraction of sp³-hybridized carbons (Fsp3) is 0.923. The third kappa shape index (κ3) is 22.1. The van der Waals surface area contributed by atoms with E-state index in [0.717, 1.165) is 12.8 Å². The molecule has 0 aromatic carbocycles. The molecule has 6 nitrogen and oxygen atoms in total. The first-order valence-corrected chi connectivity index (χ1v) is 13.0. The van der Waals surface area contributed by atoms with E-state index in [1.807, 2.05) is 13.8 Å². The largest absolute Gasteiger partial charge is 0.463 e. The van der Waals surface area contributed by atoms with E-state index in [2.05, 4.69) is 13.8 Å². The molecule has 2 atom stereocenters. The van der Waals surface area contributed by atoms with Crippen molar-refractivity contribution < 1.29 is 28.5 Å².